The minimum Gasteiger partial charge on any atom is -0.507 e. The number of phenolic OH excluding ortho intramolecular Hbond substituents is 1. The molecule has 0 unspecified atom stereocenters. The van der Waals surface area contributed by atoms with Crippen LogP contribution in [0, 0.1) is 16.0 Å². The normalized spacial score (nSPS) is 22.0. The maximum atomic E-state index is 11.0. The molecular formula is C24H35NO6. The number of allylic oxidation sites excluding steroid dienone is 1. The van der Waals surface area contributed by atoms with E-state index in [1.165, 1.54) is 0 Å². The van der Waals surface area contributed by atoms with Gasteiger partial charge in [0.15, 0.2) is 0 Å². The van der Waals surface area contributed by atoms with Crippen LogP contribution in [0.25, 0.3) is 0 Å². The van der Waals surface area contributed by atoms with Gasteiger partial charge in [0.2, 0.25) is 0 Å². The zero-order chi connectivity index (χ0) is 22.8. The summed E-state index contributed by atoms with van der Waals surface area (Å²) < 4.78 is 6.42. The predicted molar refractivity (Wildman–Crippen MR) is 118 cm³/mol. The van der Waals surface area contributed by atoms with Crippen LogP contribution in [0.1, 0.15) is 83.3 Å². The average Bonchev–Trinajstić information content (AvgIpc) is 2.69. The fourth-order valence-electron chi connectivity index (χ4n) is 5.08. The molecule has 0 saturated heterocycles. The maximum absolute atomic E-state index is 11.0. The van der Waals surface area contributed by atoms with Gasteiger partial charge < -0.3 is 19.8 Å². The topological polar surface area (TPSA) is 102 Å². The lowest BCUT2D eigenvalue weighted by Gasteiger charge is -2.47. The third-order valence-corrected chi connectivity index (χ3v) is 6.97. The summed E-state index contributed by atoms with van der Waals surface area (Å²) in [6.07, 6.45) is 7.19. The van der Waals surface area contributed by atoms with Gasteiger partial charge in [-0.2, -0.15) is 0 Å². The zero-order valence-corrected chi connectivity index (χ0v) is 19.0. The SMILES string of the molecule is CC(C)(CCCCCO[N+](=O)[O-])c1cc(O)c2c(c1)OC(C)(C)[C@H]1CCC(CO)=C[C@H]21. The highest BCUT2D eigenvalue weighted by molar-refractivity contribution is 5.55. The Labute approximate surface area is 184 Å². The van der Waals surface area contributed by atoms with Crippen molar-refractivity contribution in [3.8, 4) is 11.5 Å². The van der Waals surface area contributed by atoms with Crippen LogP contribution >= 0.6 is 0 Å². The molecule has 0 saturated carbocycles. The molecule has 172 valence electrons. The first kappa shape index (κ1) is 23.4. The molecule has 7 heteroatoms. The number of rotatable bonds is 9. The number of hydrogen-bond acceptors (Lipinski definition) is 6. The minimum absolute atomic E-state index is 0.0356. The van der Waals surface area contributed by atoms with Gasteiger partial charge in [0.1, 0.15) is 17.1 Å². The van der Waals surface area contributed by atoms with Crippen LogP contribution in [-0.2, 0) is 10.3 Å². The second-order valence-electron chi connectivity index (χ2n) is 10.0. The lowest BCUT2D eigenvalue weighted by atomic mass is 9.67. The summed E-state index contributed by atoms with van der Waals surface area (Å²) in [6.45, 7) is 8.67. The first-order valence-electron chi connectivity index (χ1n) is 11.2. The van der Waals surface area contributed by atoms with Gasteiger partial charge in [0.25, 0.3) is 5.09 Å². The Morgan fingerprint density at radius 2 is 2.03 bits per heavy atom. The van der Waals surface area contributed by atoms with Crippen molar-refractivity contribution < 1.29 is 24.9 Å². The summed E-state index contributed by atoms with van der Waals surface area (Å²) in [5, 5.41) is 30.1. The molecular weight excluding hydrogens is 398 g/mol. The van der Waals surface area contributed by atoms with Crippen molar-refractivity contribution in [2.24, 2.45) is 5.92 Å². The van der Waals surface area contributed by atoms with Gasteiger partial charge >= 0.3 is 0 Å². The standard InChI is InChI=1S/C24H35NO6/c1-23(2,10-6-5-7-11-30-25(28)29)17-13-20(27)22-18-12-16(15-26)8-9-19(18)24(3,4)31-21(22)14-17/h12-14,18-19,26-27H,5-11,15H2,1-4H3/t18-,19-/m0/s1. The van der Waals surface area contributed by atoms with E-state index in [0.717, 1.165) is 54.6 Å². The van der Waals surface area contributed by atoms with E-state index >= 15 is 0 Å². The molecule has 0 fully saturated rings. The molecule has 31 heavy (non-hydrogen) atoms. The molecule has 2 aliphatic rings. The third-order valence-electron chi connectivity index (χ3n) is 6.97. The maximum Gasteiger partial charge on any atom is 0.294 e. The van der Waals surface area contributed by atoms with Gasteiger partial charge in [-0.25, -0.2) is 0 Å². The Balaban J connectivity index is 1.79. The molecule has 1 aliphatic heterocycles. The van der Waals surface area contributed by atoms with Crippen molar-refractivity contribution >= 4 is 0 Å². The number of aliphatic hydroxyl groups is 1. The van der Waals surface area contributed by atoms with Crippen LogP contribution in [0.15, 0.2) is 23.8 Å². The summed E-state index contributed by atoms with van der Waals surface area (Å²) >= 11 is 0. The Kier molecular flexibility index (Phi) is 6.84. The Bertz CT molecular complexity index is 845. The number of unbranched alkanes of at least 4 members (excludes halogenated alkanes) is 2. The Morgan fingerprint density at radius 1 is 1.29 bits per heavy atom. The number of ether oxygens (including phenoxy) is 1. The quantitative estimate of drug-likeness (QED) is 0.245. The van der Waals surface area contributed by atoms with Gasteiger partial charge in [-0.15, -0.1) is 10.1 Å². The molecule has 1 heterocycles. The monoisotopic (exact) mass is 433 g/mol. The van der Waals surface area contributed by atoms with Crippen molar-refractivity contribution in [1.29, 1.82) is 0 Å². The number of nitrogens with zero attached hydrogens (tertiary/aromatic N) is 1. The highest BCUT2D eigenvalue weighted by Gasteiger charge is 2.45. The van der Waals surface area contributed by atoms with Crippen LogP contribution in [0.5, 0.6) is 11.5 Å². The number of fused-ring (bicyclic) bond motifs is 3. The van der Waals surface area contributed by atoms with Gasteiger partial charge in [0.05, 0.1) is 13.2 Å². The van der Waals surface area contributed by atoms with Crippen molar-refractivity contribution in [2.75, 3.05) is 13.2 Å². The van der Waals surface area contributed by atoms with Gasteiger partial charge in [-0.05, 0) is 68.2 Å². The smallest absolute Gasteiger partial charge is 0.294 e. The molecule has 1 aromatic rings. The molecule has 0 bridgehead atoms. The van der Waals surface area contributed by atoms with Gasteiger partial charge in [-0.3, -0.25) is 0 Å². The van der Waals surface area contributed by atoms with Crippen LogP contribution in [0.3, 0.4) is 0 Å². The number of hydrogen-bond donors (Lipinski definition) is 2. The van der Waals surface area contributed by atoms with E-state index in [2.05, 4.69) is 44.7 Å². The molecule has 7 nitrogen and oxygen atoms in total. The zero-order valence-electron chi connectivity index (χ0n) is 19.0. The highest BCUT2D eigenvalue weighted by Crippen LogP contribution is 2.54. The number of aliphatic hydroxyl groups excluding tert-OH is 1. The molecule has 2 N–H and O–H groups in total. The second-order valence-corrected chi connectivity index (χ2v) is 10.0. The van der Waals surface area contributed by atoms with E-state index in [1.54, 1.807) is 0 Å². The fraction of sp³-hybridized carbons (Fsp3) is 0.667. The van der Waals surface area contributed by atoms with Gasteiger partial charge in [0, 0.05) is 17.4 Å². The van der Waals surface area contributed by atoms with E-state index in [9.17, 15) is 20.3 Å². The molecule has 1 aliphatic carbocycles. The summed E-state index contributed by atoms with van der Waals surface area (Å²) in [5.41, 5.74) is 2.32. The predicted octanol–water partition coefficient (Wildman–Crippen LogP) is 5.02. The second kappa shape index (κ2) is 9.07. The van der Waals surface area contributed by atoms with Crippen molar-refractivity contribution in [1.82, 2.24) is 0 Å². The Morgan fingerprint density at radius 3 is 2.71 bits per heavy atom. The minimum atomic E-state index is -0.753. The van der Waals surface area contributed by atoms with Crippen LogP contribution in [0.2, 0.25) is 0 Å². The number of phenols is 1. The molecule has 0 aromatic heterocycles. The largest absolute Gasteiger partial charge is 0.507 e. The summed E-state index contributed by atoms with van der Waals surface area (Å²) in [5.74, 6) is 1.26. The summed E-state index contributed by atoms with van der Waals surface area (Å²) in [7, 11) is 0. The highest BCUT2D eigenvalue weighted by atomic mass is 16.9. The van der Waals surface area contributed by atoms with E-state index in [-0.39, 0.29) is 41.8 Å². The number of aromatic hydroxyl groups is 1. The van der Waals surface area contributed by atoms with E-state index in [0.29, 0.717) is 6.42 Å². The van der Waals surface area contributed by atoms with Crippen LogP contribution in [0.4, 0.5) is 0 Å². The molecule has 1 aromatic carbocycles. The van der Waals surface area contributed by atoms with Crippen LogP contribution < -0.4 is 4.74 Å². The van der Waals surface area contributed by atoms with E-state index < -0.39 is 5.09 Å². The lowest BCUT2D eigenvalue weighted by Crippen LogP contribution is -2.45. The van der Waals surface area contributed by atoms with Crippen molar-refractivity contribution in [3.05, 3.63) is 45.0 Å². The molecule has 0 radical (unpaired) electrons. The van der Waals surface area contributed by atoms with E-state index in [4.69, 9.17) is 4.74 Å². The fourth-order valence-corrected chi connectivity index (χ4v) is 5.08. The third kappa shape index (κ3) is 5.14. The molecule has 0 spiro atoms. The summed E-state index contributed by atoms with van der Waals surface area (Å²) in [6, 6.07) is 3.92. The first-order chi connectivity index (χ1) is 14.5. The number of benzene rings is 1. The Hall–Kier alpha value is -2.28. The van der Waals surface area contributed by atoms with E-state index in [1.807, 2.05) is 6.07 Å². The van der Waals surface area contributed by atoms with Gasteiger partial charge in [-0.1, -0.05) is 32.8 Å². The first-order valence-corrected chi connectivity index (χ1v) is 11.2. The molecule has 3 rings (SSSR count). The van der Waals surface area contributed by atoms with Crippen molar-refractivity contribution in [2.45, 2.75) is 83.2 Å². The van der Waals surface area contributed by atoms with Crippen LogP contribution in [-0.4, -0.2) is 34.1 Å². The molecule has 0 amide bonds. The van der Waals surface area contributed by atoms with Crippen molar-refractivity contribution in [3.63, 3.8) is 0 Å². The average molecular weight is 434 g/mol. The lowest BCUT2D eigenvalue weighted by molar-refractivity contribution is -0.757. The summed E-state index contributed by atoms with van der Waals surface area (Å²) in [4.78, 5) is 14.6. The molecule has 2 atom stereocenters.